The molecule has 5 fully saturated rings. The van der Waals surface area contributed by atoms with E-state index in [0.717, 1.165) is 37.0 Å². The van der Waals surface area contributed by atoms with Crippen LogP contribution >= 0.6 is 0 Å². The van der Waals surface area contributed by atoms with Crippen LogP contribution < -0.4 is 0 Å². The number of nitriles is 1. The Balaban J connectivity index is 1.25. The number of carbonyl (C=O) groups excluding carboxylic acids is 1. The minimum Gasteiger partial charge on any atom is -0.390 e. The molecule has 0 unspecified atom stereocenters. The van der Waals surface area contributed by atoms with Crippen molar-refractivity contribution in [3.63, 3.8) is 0 Å². The van der Waals surface area contributed by atoms with E-state index in [1.54, 1.807) is 17.1 Å². The summed E-state index contributed by atoms with van der Waals surface area (Å²) in [6, 6.07) is 2.11. The van der Waals surface area contributed by atoms with Crippen molar-refractivity contribution in [2.45, 2.75) is 90.2 Å². The molecule has 5 heteroatoms. The first kappa shape index (κ1) is 20.9. The maximum Gasteiger partial charge on any atom is 0.157 e. The number of hydrogen-bond acceptors (Lipinski definition) is 4. The fourth-order valence-electron chi connectivity index (χ4n) is 9.66. The number of aromatic nitrogens is 2. The molecule has 8 atom stereocenters. The number of hydrogen-bond donors (Lipinski definition) is 1. The van der Waals surface area contributed by atoms with Crippen LogP contribution in [-0.4, -0.2) is 26.3 Å². The van der Waals surface area contributed by atoms with Crippen LogP contribution in [0.5, 0.6) is 0 Å². The molecule has 1 N–H and O–H groups in total. The lowest BCUT2D eigenvalue weighted by molar-refractivity contribution is -0.145. The van der Waals surface area contributed by atoms with Gasteiger partial charge in [0.05, 0.1) is 23.9 Å². The maximum absolute atomic E-state index is 13.5. The van der Waals surface area contributed by atoms with E-state index in [1.165, 1.54) is 44.9 Å². The first-order chi connectivity index (χ1) is 15.2. The molecule has 5 aliphatic rings. The second kappa shape index (κ2) is 6.92. The molecule has 1 aromatic heterocycles. The summed E-state index contributed by atoms with van der Waals surface area (Å²) < 4.78 is 1.66. The van der Waals surface area contributed by atoms with Gasteiger partial charge in [0.2, 0.25) is 0 Å². The Morgan fingerprint density at radius 2 is 2.00 bits per heavy atom. The van der Waals surface area contributed by atoms with Gasteiger partial charge in [0, 0.05) is 12.1 Å². The van der Waals surface area contributed by atoms with Gasteiger partial charge in [0.1, 0.15) is 6.07 Å². The van der Waals surface area contributed by atoms with Crippen LogP contribution in [-0.2, 0) is 11.3 Å². The molecule has 5 nitrogen and oxygen atoms in total. The van der Waals surface area contributed by atoms with Crippen molar-refractivity contribution in [1.29, 1.82) is 5.26 Å². The molecule has 5 saturated carbocycles. The van der Waals surface area contributed by atoms with Crippen LogP contribution in [0, 0.1) is 57.7 Å². The van der Waals surface area contributed by atoms with Crippen molar-refractivity contribution in [1.82, 2.24) is 9.78 Å². The number of carbonyl (C=O) groups is 1. The summed E-state index contributed by atoms with van der Waals surface area (Å²) in [4.78, 5) is 13.5. The zero-order valence-corrected chi connectivity index (χ0v) is 19.6. The second-order valence-corrected chi connectivity index (χ2v) is 12.7. The average Bonchev–Trinajstić information content (AvgIpc) is 3.19. The molecule has 0 bridgehead atoms. The summed E-state index contributed by atoms with van der Waals surface area (Å²) in [6.45, 7) is 4.80. The second-order valence-electron chi connectivity index (χ2n) is 12.7. The van der Waals surface area contributed by atoms with Crippen molar-refractivity contribution in [2.75, 3.05) is 0 Å². The zero-order chi connectivity index (χ0) is 22.3. The fraction of sp³-hybridized carbons (Fsp3) is 0.815. The molecule has 0 aliphatic heterocycles. The van der Waals surface area contributed by atoms with Crippen LogP contribution in [0.4, 0.5) is 0 Å². The molecule has 0 saturated heterocycles. The lowest BCUT2D eigenvalue weighted by atomic mass is 9.45. The van der Waals surface area contributed by atoms with Gasteiger partial charge in [-0.1, -0.05) is 6.92 Å². The normalized spacial score (nSPS) is 46.1. The topological polar surface area (TPSA) is 78.9 Å². The van der Waals surface area contributed by atoms with Crippen LogP contribution in [0.2, 0.25) is 0 Å². The third kappa shape index (κ3) is 3.05. The molecular weight excluding hydrogens is 398 g/mol. The lowest BCUT2D eigenvalue weighted by Gasteiger charge is -2.60. The Hall–Kier alpha value is -1.67. The summed E-state index contributed by atoms with van der Waals surface area (Å²) in [5.74, 6) is 4.22. The predicted octanol–water partition coefficient (Wildman–Crippen LogP) is 4.73. The third-order valence-corrected chi connectivity index (χ3v) is 10.8. The van der Waals surface area contributed by atoms with Crippen molar-refractivity contribution < 1.29 is 9.90 Å². The Labute approximate surface area is 191 Å². The zero-order valence-electron chi connectivity index (χ0n) is 19.6. The molecule has 0 radical (unpaired) electrons. The number of aliphatic hydroxyl groups is 1. The highest BCUT2D eigenvalue weighted by Crippen LogP contribution is 2.75. The number of nitrogens with zero attached hydrogens (tertiary/aromatic N) is 3. The molecule has 1 heterocycles. The monoisotopic (exact) mass is 435 g/mol. The van der Waals surface area contributed by atoms with Gasteiger partial charge in [-0.05, 0) is 112 Å². The first-order valence-electron chi connectivity index (χ1n) is 12.9. The van der Waals surface area contributed by atoms with E-state index < -0.39 is 5.60 Å². The highest BCUT2D eigenvalue weighted by atomic mass is 16.3. The molecule has 5 aliphatic carbocycles. The summed E-state index contributed by atoms with van der Waals surface area (Å²) in [7, 11) is 0. The smallest absolute Gasteiger partial charge is 0.157 e. The van der Waals surface area contributed by atoms with E-state index in [0.29, 0.717) is 35.1 Å². The largest absolute Gasteiger partial charge is 0.390 e. The van der Waals surface area contributed by atoms with Crippen LogP contribution in [0.3, 0.4) is 0 Å². The number of ketones is 1. The predicted molar refractivity (Wildman–Crippen MR) is 120 cm³/mol. The van der Waals surface area contributed by atoms with Gasteiger partial charge in [-0.15, -0.1) is 0 Å². The van der Waals surface area contributed by atoms with Gasteiger partial charge in [-0.25, -0.2) is 0 Å². The quantitative estimate of drug-likeness (QED) is 0.744. The summed E-state index contributed by atoms with van der Waals surface area (Å²) in [5.41, 5.74) is 0.642. The van der Waals surface area contributed by atoms with E-state index in [2.05, 4.69) is 18.1 Å². The Morgan fingerprint density at radius 1 is 1.19 bits per heavy atom. The van der Waals surface area contributed by atoms with Crippen molar-refractivity contribution in [3.05, 3.63) is 18.0 Å². The van der Waals surface area contributed by atoms with Gasteiger partial charge in [-0.3, -0.25) is 9.48 Å². The van der Waals surface area contributed by atoms with Crippen LogP contribution in [0.25, 0.3) is 0 Å². The molecule has 0 amide bonds. The first-order valence-corrected chi connectivity index (χ1v) is 12.9. The van der Waals surface area contributed by atoms with Gasteiger partial charge < -0.3 is 5.11 Å². The standard InChI is InChI=1S/C27H37N3O2/c1-25(32)8-7-19-18(11-25)3-4-20-21-5-6-22(23(31)15-30-14-17(12-28)13-29-30)26(21,2)16-27(9-10-27)24(19)20/h13-14,18-22,24,32H,3-11,15-16H2,1-2H3/t18-,19+,20+,21+,22-,24-,25-,26+/m1/s1. The molecular formula is C27H37N3O2. The Kier molecular flexibility index (Phi) is 4.52. The van der Waals surface area contributed by atoms with Crippen molar-refractivity contribution >= 4 is 5.78 Å². The summed E-state index contributed by atoms with van der Waals surface area (Å²) in [5, 5.41) is 24.0. The van der Waals surface area contributed by atoms with Crippen molar-refractivity contribution in [3.8, 4) is 6.07 Å². The van der Waals surface area contributed by atoms with E-state index in [4.69, 9.17) is 5.26 Å². The van der Waals surface area contributed by atoms with Crippen LogP contribution in [0.1, 0.15) is 83.6 Å². The Bertz CT molecular complexity index is 970. The molecule has 1 aromatic rings. The Morgan fingerprint density at radius 3 is 2.72 bits per heavy atom. The van der Waals surface area contributed by atoms with Crippen molar-refractivity contribution in [2.24, 2.45) is 46.3 Å². The van der Waals surface area contributed by atoms with Gasteiger partial charge >= 0.3 is 0 Å². The molecule has 32 heavy (non-hydrogen) atoms. The number of Topliss-reactive ketones (excluding diaryl/α,β-unsaturated/α-hetero) is 1. The lowest BCUT2D eigenvalue weighted by Crippen LogP contribution is -2.55. The molecule has 0 aromatic carbocycles. The van der Waals surface area contributed by atoms with E-state index in [9.17, 15) is 9.90 Å². The SMILES string of the molecule is C[C@@]1(O)CC[C@H]2[C@H](CC[C@@H]3[C@@H]2C2(CC2)C[C@]2(C)[C@@H](C(=O)Cn4cc(C#N)cn4)CC[C@@H]32)C1. The van der Waals surface area contributed by atoms with E-state index in [1.807, 2.05) is 6.92 Å². The van der Waals surface area contributed by atoms with E-state index >= 15 is 0 Å². The average molecular weight is 436 g/mol. The third-order valence-electron chi connectivity index (χ3n) is 10.8. The molecule has 172 valence electrons. The summed E-state index contributed by atoms with van der Waals surface area (Å²) in [6.07, 6.45) is 15.1. The highest BCUT2D eigenvalue weighted by molar-refractivity contribution is 5.82. The maximum atomic E-state index is 13.5. The highest BCUT2D eigenvalue weighted by Gasteiger charge is 2.69. The number of fused-ring (bicyclic) bond motifs is 6. The summed E-state index contributed by atoms with van der Waals surface area (Å²) >= 11 is 0. The van der Waals surface area contributed by atoms with Gasteiger partial charge in [-0.2, -0.15) is 10.4 Å². The fourth-order valence-corrected chi connectivity index (χ4v) is 9.66. The minimum atomic E-state index is -0.462. The molecule has 1 spiro atoms. The number of rotatable bonds is 3. The van der Waals surface area contributed by atoms with E-state index in [-0.39, 0.29) is 11.3 Å². The minimum absolute atomic E-state index is 0.118. The van der Waals surface area contributed by atoms with Gasteiger partial charge in [0.25, 0.3) is 0 Å². The molecule has 6 rings (SSSR count). The van der Waals surface area contributed by atoms with Gasteiger partial charge in [0.15, 0.2) is 5.78 Å². The van der Waals surface area contributed by atoms with Crippen LogP contribution in [0.15, 0.2) is 12.4 Å².